The number of nitrogens with zero attached hydrogens (tertiary/aromatic N) is 1. The molecule has 1 aliphatic rings. The Bertz CT molecular complexity index is 428. The van der Waals surface area contributed by atoms with Crippen molar-refractivity contribution in [2.24, 2.45) is 0 Å². The van der Waals surface area contributed by atoms with Gasteiger partial charge in [-0.2, -0.15) is 0 Å². The number of rotatable bonds is 3. The van der Waals surface area contributed by atoms with Crippen molar-refractivity contribution in [2.45, 2.75) is 19.8 Å². The van der Waals surface area contributed by atoms with Gasteiger partial charge in [-0.1, -0.05) is 0 Å². The first-order valence-electron chi connectivity index (χ1n) is 6.19. The standard InChI is InChI=1S/C13H18N2O3/c1-2-17-12-8-10(7-11(14)9-12)13(16)15-5-3-4-6-18-15/h7-9H,2-6,14H2,1H3. The summed E-state index contributed by atoms with van der Waals surface area (Å²) in [6.45, 7) is 3.64. The van der Waals surface area contributed by atoms with Gasteiger partial charge in [-0.25, -0.2) is 5.06 Å². The van der Waals surface area contributed by atoms with Crippen molar-refractivity contribution < 1.29 is 14.4 Å². The lowest BCUT2D eigenvalue weighted by Crippen LogP contribution is -2.35. The molecule has 0 radical (unpaired) electrons. The minimum Gasteiger partial charge on any atom is -0.494 e. The van der Waals surface area contributed by atoms with Gasteiger partial charge in [0.2, 0.25) is 0 Å². The van der Waals surface area contributed by atoms with Crippen LogP contribution >= 0.6 is 0 Å². The molecule has 0 spiro atoms. The average Bonchev–Trinajstić information content (AvgIpc) is 2.38. The smallest absolute Gasteiger partial charge is 0.277 e. The van der Waals surface area contributed by atoms with Crippen LogP contribution in [0.4, 0.5) is 5.69 Å². The molecule has 5 nitrogen and oxygen atoms in total. The number of ether oxygens (including phenoxy) is 1. The highest BCUT2D eigenvalue weighted by Crippen LogP contribution is 2.21. The minimum atomic E-state index is -0.164. The molecule has 0 unspecified atom stereocenters. The van der Waals surface area contributed by atoms with E-state index in [1.807, 2.05) is 6.92 Å². The van der Waals surface area contributed by atoms with Gasteiger partial charge in [0.25, 0.3) is 5.91 Å². The summed E-state index contributed by atoms with van der Waals surface area (Å²) in [7, 11) is 0. The quantitative estimate of drug-likeness (QED) is 0.831. The fourth-order valence-corrected chi connectivity index (χ4v) is 1.90. The topological polar surface area (TPSA) is 64.8 Å². The summed E-state index contributed by atoms with van der Waals surface area (Å²) in [5.74, 6) is 0.445. The Morgan fingerprint density at radius 3 is 2.94 bits per heavy atom. The highest BCUT2D eigenvalue weighted by Gasteiger charge is 2.20. The summed E-state index contributed by atoms with van der Waals surface area (Å²) in [6, 6.07) is 5.04. The second-order valence-corrected chi connectivity index (χ2v) is 4.17. The molecule has 1 aromatic carbocycles. The zero-order chi connectivity index (χ0) is 13.0. The fourth-order valence-electron chi connectivity index (χ4n) is 1.90. The highest BCUT2D eigenvalue weighted by molar-refractivity contribution is 5.95. The summed E-state index contributed by atoms with van der Waals surface area (Å²) < 4.78 is 5.37. The Morgan fingerprint density at radius 2 is 2.28 bits per heavy atom. The van der Waals surface area contributed by atoms with Crippen LogP contribution in [0.25, 0.3) is 0 Å². The molecule has 1 heterocycles. The van der Waals surface area contributed by atoms with E-state index < -0.39 is 0 Å². The number of hydroxylamine groups is 2. The van der Waals surface area contributed by atoms with Crippen molar-refractivity contribution in [2.75, 3.05) is 25.5 Å². The Morgan fingerprint density at radius 1 is 1.44 bits per heavy atom. The van der Waals surface area contributed by atoms with Gasteiger partial charge in [-0.3, -0.25) is 9.63 Å². The first-order chi connectivity index (χ1) is 8.70. The lowest BCUT2D eigenvalue weighted by atomic mass is 10.1. The van der Waals surface area contributed by atoms with Crippen LogP contribution in [0.15, 0.2) is 18.2 Å². The van der Waals surface area contributed by atoms with Gasteiger partial charge in [0.15, 0.2) is 0 Å². The zero-order valence-electron chi connectivity index (χ0n) is 10.5. The second-order valence-electron chi connectivity index (χ2n) is 4.17. The normalized spacial score (nSPS) is 15.5. The average molecular weight is 250 g/mol. The summed E-state index contributed by atoms with van der Waals surface area (Å²) in [4.78, 5) is 17.5. The van der Waals surface area contributed by atoms with Gasteiger partial charge < -0.3 is 10.5 Å². The molecule has 0 aliphatic carbocycles. The van der Waals surface area contributed by atoms with Crippen LogP contribution in [0.3, 0.4) is 0 Å². The second kappa shape index (κ2) is 5.73. The van der Waals surface area contributed by atoms with Crippen molar-refractivity contribution in [3.63, 3.8) is 0 Å². The van der Waals surface area contributed by atoms with Crippen molar-refractivity contribution in [1.82, 2.24) is 5.06 Å². The molecule has 5 heteroatoms. The molecule has 0 bridgehead atoms. The molecule has 2 rings (SSSR count). The van der Waals surface area contributed by atoms with Gasteiger partial charge in [-0.15, -0.1) is 0 Å². The summed E-state index contributed by atoms with van der Waals surface area (Å²) >= 11 is 0. The van der Waals surface area contributed by atoms with E-state index in [1.54, 1.807) is 18.2 Å². The first kappa shape index (κ1) is 12.7. The van der Waals surface area contributed by atoms with Crippen LogP contribution < -0.4 is 10.5 Å². The molecule has 0 atom stereocenters. The molecule has 1 aromatic rings. The third-order valence-electron chi connectivity index (χ3n) is 2.72. The predicted molar refractivity (Wildman–Crippen MR) is 68.2 cm³/mol. The monoisotopic (exact) mass is 250 g/mol. The fraction of sp³-hybridized carbons (Fsp3) is 0.462. The molecule has 2 N–H and O–H groups in total. The SMILES string of the molecule is CCOc1cc(N)cc(C(=O)N2CCCCO2)c1. The molecule has 18 heavy (non-hydrogen) atoms. The maximum Gasteiger partial charge on any atom is 0.277 e. The Labute approximate surface area is 106 Å². The van der Waals surface area contributed by atoms with Crippen LogP contribution in [0.5, 0.6) is 5.75 Å². The Balaban J connectivity index is 2.18. The Hall–Kier alpha value is -1.75. The van der Waals surface area contributed by atoms with Crippen LogP contribution in [-0.2, 0) is 4.84 Å². The lowest BCUT2D eigenvalue weighted by Gasteiger charge is -2.26. The number of anilines is 1. The zero-order valence-corrected chi connectivity index (χ0v) is 10.5. The molecule has 98 valence electrons. The number of benzene rings is 1. The van der Waals surface area contributed by atoms with E-state index in [0.717, 1.165) is 12.8 Å². The van der Waals surface area contributed by atoms with Gasteiger partial charge in [0.05, 0.1) is 13.2 Å². The van der Waals surface area contributed by atoms with E-state index in [9.17, 15) is 4.79 Å². The number of hydrogen-bond acceptors (Lipinski definition) is 4. The number of hydrogen-bond donors (Lipinski definition) is 1. The van der Waals surface area contributed by atoms with Crippen molar-refractivity contribution in [3.05, 3.63) is 23.8 Å². The molecule has 1 amide bonds. The van der Waals surface area contributed by atoms with Crippen LogP contribution in [0.1, 0.15) is 30.1 Å². The molecule has 0 saturated carbocycles. The number of nitrogen functional groups attached to an aromatic ring is 1. The molecular formula is C13H18N2O3. The van der Waals surface area contributed by atoms with E-state index >= 15 is 0 Å². The van der Waals surface area contributed by atoms with E-state index in [0.29, 0.717) is 36.8 Å². The minimum absolute atomic E-state index is 0.164. The van der Waals surface area contributed by atoms with Gasteiger partial charge in [0, 0.05) is 23.9 Å². The molecule has 1 aliphatic heterocycles. The maximum absolute atomic E-state index is 12.2. The number of carbonyl (C=O) groups is 1. The van der Waals surface area contributed by atoms with Crippen molar-refractivity contribution in [3.8, 4) is 5.75 Å². The predicted octanol–water partition coefficient (Wildman–Crippen LogP) is 1.84. The Kier molecular flexibility index (Phi) is 4.04. The van der Waals surface area contributed by atoms with E-state index in [2.05, 4.69) is 0 Å². The number of carbonyl (C=O) groups excluding carboxylic acids is 1. The summed E-state index contributed by atoms with van der Waals surface area (Å²) in [5.41, 5.74) is 6.78. The molecule has 0 aromatic heterocycles. The third kappa shape index (κ3) is 2.92. The first-order valence-corrected chi connectivity index (χ1v) is 6.19. The molecule has 1 saturated heterocycles. The van der Waals surface area contributed by atoms with Crippen molar-refractivity contribution >= 4 is 11.6 Å². The maximum atomic E-state index is 12.2. The summed E-state index contributed by atoms with van der Waals surface area (Å²) in [6.07, 6.45) is 1.96. The van der Waals surface area contributed by atoms with Crippen LogP contribution in [-0.4, -0.2) is 30.7 Å². The van der Waals surface area contributed by atoms with Crippen LogP contribution in [0, 0.1) is 0 Å². The van der Waals surface area contributed by atoms with Gasteiger partial charge in [-0.05, 0) is 31.9 Å². The van der Waals surface area contributed by atoms with E-state index in [-0.39, 0.29) is 5.91 Å². The lowest BCUT2D eigenvalue weighted by molar-refractivity contribution is -0.144. The number of nitrogens with two attached hydrogens (primary N) is 1. The molecular weight excluding hydrogens is 232 g/mol. The van der Waals surface area contributed by atoms with Gasteiger partial charge in [0.1, 0.15) is 5.75 Å². The van der Waals surface area contributed by atoms with Gasteiger partial charge >= 0.3 is 0 Å². The summed E-state index contributed by atoms with van der Waals surface area (Å²) in [5, 5.41) is 1.40. The largest absolute Gasteiger partial charge is 0.494 e. The van der Waals surface area contributed by atoms with E-state index in [4.69, 9.17) is 15.3 Å². The van der Waals surface area contributed by atoms with Crippen molar-refractivity contribution in [1.29, 1.82) is 0 Å². The number of amides is 1. The third-order valence-corrected chi connectivity index (χ3v) is 2.72. The van der Waals surface area contributed by atoms with Crippen LogP contribution in [0.2, 0.25) is 0 Å². The molecule has 1 fully saturated rings. The highest BCUT2D eigenvalue weighted by atomic mass is 16.7. The van der Waals surface area contributed by atoms with E-state index in [1.165, 1.54) is 5.06 Å².